The van der Waals surface area contributed by atoms with Gasteiger partial charge in [0.1, 0.15) is 5.54 Å². The van der Waals surface area contributed by atoms with Crippen molar-refractivity contribution in [2.24, 2.45) is 5.92 Å². The lowest BCUT2D eigenvalue weighted by atomic mass is 9.93. The minimum Gasteiger partial charge on any atom is -0.480 e. The number of hydrogen-bond donors (Lipinski definition) is 1. The van der Waals surface area contributed by atoms with Crippen molar-refractivity contribution in [3.05, 3.63) is 35.9 Å². The first kappa shape index (κ1) is 19.0. The van der Waals surface area contributed by atoms with Crippen LogP contribution in [0.15, 0.2) is 30.3 Å². The van der Waals surface area contributed by atoms with Crippen molar-refractivity contribution in [3.63, 3.8) is 0 Å². The van der Waals surface area contributed by atoms with Crippen LogP contribution in [0.5, 0.6) is 0 Å². The van der Waals surface area contributed by atoms with E-state index in [1.54, 1.807) is 4.90 Å². The molecule has 0 radical (unpaired) electrons. The summed E-state index contributed by atoms with van der Waals surface area (Å²) in [5, 5.41) is 9.30. The van der Waals surface area contributed by atoms with Gasteiger partial charge in [0.05, 0.1) is 12.3 Å². The molecule has 0 aliphatic carbocycles. The van der Waals surface area contributed by atoms with Gasteiger partial charge in [-0.3, -0.25) is 9.59 Å². The van der Waals surface area contributed by atoms with Crippen LogP contribution in [0.25, 0.3) is 0 Å². The van der Waals surface area contributed by atoms with Gasteiger partial charge in [0.25, 0.3) is 0 Å². The van der Waals surface area contributed by atoms with Gasteiger partial charge >= 0.3 is 5.97 Å². The monoisotopic (exact) mass is 346 g/mol. The second-order valence-corrected chi connectivity index (χ2v) is 7.10. The van der Waals surface area contributed by atoms with Crippen LogP contribution in [0.3, 0.4) is 0 Å². The Kier molecular flexibility index (Phi) is 5.82. The third-order valence-corrected chi connectivity index (χ3v) is 5.01. The summed E-state index contributed by atoms with van der Waals surface area (Å²) < 4.78 is 0. The van der Waals surface area contributed by atoms with Crippen LogP contribution >= 0.6 is 0 Å². The fourth-order valence-electron chi connectivity index (χ4n) is 2.98. The van der Waals surface area contributed by atoms with E-state index in [-0.39, 0.29) is 17.7 Å². The smallest absolute Gasteiger partial charge is 0.329 e. The van der Waals surface area contributed by atoms with Crippen molar-refractivity contribution >= 4 is 17.8 Å². The fraction of sp³-hybridized carbons (Fsp3) is 0.526. The minimum atomic E-state index is -1.27. The van der Waals surface area contributed by atoms with Gasteiger partial charge in [0.2, 0.25) is 11.8 Å². The molecule has 2 rings (SSSR count). The maximum Gasteiger partial charge on any atom is 0.329 e. The number of likely N-dealkylation sites (N-methyl/N-ethyl adjacent to an activating group) is 1. The van der Waals surface area contributed by atoms with Gasteiger partial charge in [-0.1, -0.05) is 30.3 Å². The van der Waals surface area contributed by atoms with Crippen LogP contribution in [0, 0.1) is 5.92 Å². The summed E-state index contributed by atoms with van der Waals surface area (Å²) in [4.78, 5) is 39.6. The second-order valence-electron chi connectivity index (χ2n) is 7.10. The maximum atomic E-state index is 12.7. The van der Waals surface area contributed by atoms with E-state index in [0.29, 0.717) is 25.9 Å². The van der Waals surface area contributed by atoms with Gasteiger partial charge in [-0.15, -0.1) is 0 Å². The van der Waals surface area contributed by atoms with E-state index in [4.69, 9.17) is 0 Å². The summed E-state index contributed by atoms with van der Waals surface area (Å²) in [6, 6.07) is 9.52. The number of likely N-dealkylation sites (tertiary alicyclic amines) is 1. The van der Waals surface area contributed by atoms with E-state index in [0.717, 1.165) is 12.0 Å². The summed E-state index contributed by atoms with van der Waals surface area (Å²) in [5.74, 6) is -1.61. The molecule has 6 nitrogen and oxygen atoms in total. The van der Waals surface area contributed by atoms with E-state index in [2.05, 4.69) is 0 Å². The van der Waals surface area contributed by atoms with Gasteiger partial charge in [-0.05, 0) is 32.3 Å². The van der Waals surface area contributed by atoms with Crippen LogP contribution in [0.4, 0.5) is 0 Å². The Labute approximate surface area is 148 Å². The summed E-state index contributed by atoms with van der Waals surface area (Å²) in [7, 11) is 1.52. The van der Waals surface area contributed by atoms with E-state index < -0.39 is 11.5 Å². The highest BCUT2D eigenvalue weighted by Gasteiger charge is 2.39. The highest BCUT2D eigenvalue weighted by Crippen LogP contribution is 2.23. The Morgan fingerprint density at radius 3 is 2.48 bits per heavy atom. The Morgan fingerprint density at radius 1 is 1.24 bits per heavy atom. The number of aliphatic carboxylic acids is 1. The third-order valence-electron chi connectivity index (χ3n) is 5.01. The molecule has 1 atom stereocenters. The highest BCUT2D eigenvalue weighted by molar-refractivity contribution is 5.88. The van der Waals surface area contributed by atoms with Gasteiger partial charge < -0.3 is 14.9 Å². The number of hydrogen-bond acceptors (Lipinski definition) is 3. The molecular formula is C19H26N2O4. The molecule has 1 aromatic carbocycles. The molecule has 136 valence electrons. The molecule has 0 bridgehead atoms. The summed E-state index contributed by atoms with van der Waals surface area (Å²) >= 11 is 0. The number of benzene rings is 1. The normalized spacial score (nSPS) is 17.9. The Balaban J connectivity index is 2.01. The summed E-state index contributed by atoms with van der Waals surface area (Å²) in [6.45, 7) is 4.01. The number of carbonyl (C=O) groups excluding carboxylic acids is 2. The fourth-order valence-corrected chi connectivity index (χ4v) is 2.98. The molecule has 0 aromatic heterocycles. The third kappa shape index (κ3) is 4.38. The number of rotatable bonds is 5. The van der Waals surface area contributed by atoms with Crippen molar-refractivity contribution in [2.75, 3.05) is 20.1 Å². The largest absolute Gasteiger partial charge is 0.480 e. The van der Waals surface area contributed by atoms with Gasteiger partial charge in [-0.25, -0.2) is 4.79 Å². The molecule has 1 saturated heterocycles. The van der Waals surface area contributed by atoms with E-state index in [9.17, 15) is 19.5 Å². The zero-order valence-electron chi connectivity index (χ0n) is 15.1. The molecule has 6 heteroatoms. The molecule has 1 aromatic rings. The molecule has 0 saturated carbocycles. The average molecular weight is 346 g/mol. The van der Waals surface area contributed by atoms with Crippen LogP contribution in [-0.4, -0.2) is 58.4 Å². The van der Waals surface area contributed by atoms with Crippen molar-refractivity contribution in [1.82, 2.24) is 9.80 Å². The number of piperidine rings is 1. The SMILES string of the molecule is CN(C(=O)C1CCCN(C(=O)Cc2ccccc2)C1)C(C)(C)C(=O)O. The van der Waals surface area contributed by atoms with Gasteiger partial charge in [-0.2, -0.15) is 0 Å². The number of amides is 2. The van der Waals surface area contributed by atoms with Crippen LogP contribution < -0.4 is 0 Å². The van der Waals surface area contributed by atoms with Gasteiger partial charge in [0, 0.05) is 20.1 Å². The lowest BCUT2D eigenvalue weighted by Gasteiger charge is -2.38. The van der Waals surface area contributed by atoms with Gasteiger partial charge in [0.15, 0.2) is 0 Å². The quantitative estimate of drug-likeness (QED) is 0.882. The first-order chi connectivity index (χ1) is 11.7. The van der Waals surface area contributed by atoms with E-state index in [1.807, 2.05) is 30.3 Å². The second kappa shape index (κ2) is 7.68. The Hall–Kier alpha value is -2.37. The lowest BCUT2D eigenvalue weighted by molar-refractivity contribution is -0.158. The predicted octanol–water partition coefficient (Wildman–Crippen LogP) is 1.79. The molecule has 1 N–H and O–H groups in total. The van der Waals surface area contributed by atoms with Crippen LogP contribution in [0.1, 0.15) is 32.3 Å². The molecule has 1 heterocycles. The van der Waals surface area contributed by atoms with Crippen LogP contribution in [0.2, 0.25) is 0 Å². The lowest BCUT2D eigenvalue weighted by Crippen LogP contribution is -2.55. The first-order valence-corrected chi connectivity index (χ1v) is 8.56. The minimum absolute atomic E-state index is 0.00356. The summed E-state index contributed by atoms with van der Waals surface area (Å²) in [6.07, 6.45) is 1.74. The van der Waals surface area contributed by atoms with Crippen molar-refractivity contribution in [1.29, 1.82) is 0 Å². The number of nitrogens with zero attached hydrogens (tertiary/aromatic N) is 2. The highest BCUT2D eigenvalue weighted by atomic mass is 16.4. The summed E-state index contributed by atoms with van der Waals surface area (Å²) in [5.41, 5.74) is -0.321. The number of carboxylic acid groups (broad SMARTS) is 1. The molecule has 1 fully saturated rings. The zero-order valence-corrected chi connectivity index (χ0v) is 15.1. The van der Waals surface area contributed by atoms with Crippen molar-refractivity contribution < 1.29 is 19.5 Å². The van der Waals surface area contributed by atoms with Crippen molar-refractivity contribution in [3.8, 4) is 0 Å². The first-order valence-electron chi connectivity index (χ1n) is 8.56. The molecule has 25 heavy (non-hydrogen) atoms. The molecular weight excluding hydrogens is 320 g/mol. The zero-order chi connectivity index (χ0) is 18.6. The molecule has 2 amide bonds. The van der Waals surface area contributed by atoms with E-state index in [1.165, 1.54) is 25.8 Å². The molecule has 1 unspecified atom stereocenters. The van der Waals surface area contributed by atoms with Crippen LogP contribution in [-0.2, 0) is 20.8 Å². The average Bonchev–Trinajstić information content (AvgIpc) is 2.61. The number of carbonyl (C=O) groups is 3. The molecule has 1 aliphatic rings. The predicted molar refractivity (Wildman–Crippen MR) is 93.9 cm³/mol. The maximum absolute atomic E-state index is 12.7. The standard InChI is InChI=1S/C19H26N2O4/c1-19(2,18(24)25)20(3)17(23)15-10-7-11-21(13-15)16(22)12-14-8-5-4-6-9-14/h4-6,8-9,15H,7,10-13H2,1-3H3,(H,24,25). The Morgan fingerprint density at radius 2 is 1.88 bits per heavy atom. The van der Waals surface area contributed by atoms with Crippen molar-refractivity contribution in [2.45, 2.75) is 38.6 Å². The topological polar surface area (TPSA) is 77.9 Å². The molecule has 1 aliphatic heterocycles. The Bertz CT molecular complexity index is 642. The van der Waals surface area contributed by atoms with E-state index >= 15 is 0 Å². The molecule has 0 spiro atoms. The number of carboxylic acids is 1.